The molecule has 2 aromatic rings. The highest BCUT2D eigenvalue weighted by atomic mass is 16.6. The molecule has 1 aromatic heterocycles. The summed E-state index contributed by atoms with van der Waals surface area (Å²) >= 11 is 0. The average Bonchev–Trinajstić information content (AvgIpc) is 2.68. The van der Waals surface area contributed by atoms with Crippen molar-refractivity contribution in [2.45, 2.75) is 64.7 Å². The van der Waals surface area contributed by atoms with Gasteiger partial charge in [-0.25, -0.2) is 4.79 Å². The van der Waals surface area contributed by atoms with Crippen molar-refractivity contribution in [2.24, 2.45) is 13.0 Å². The fourth-order valence-corrected chi connectivity index (χ4v) is 4.37. The van der Waals surface area contributed by atoms with Gasteiger partial charge in [0.05, 0.1) is 11.6 Å². The maximum absolute atomic E-state index is 13.0. The highest BCUT2D eigenvalue weighted by molar-refractivity contribution is 5.70. The topological polar surface area (TPSA) is 71.8 Å². The molecule has 0 unspecified atom stereocenters. The van der Waals surface area contributed by atoms with Gasteiger partial charge in [0.25, 0.3) is 5.56 Å². The molecular formula is C25H34N2O4. The van der Waals surface area contributed by atoms with Crippen LogP contribution in [0.5, 0.6) is 0 Å². The van der Waals surface area contributed by atoms with E-state index in [-0.39, 0.29) is 23.6 Å². The van der Waals surface area contributed by atoms with Gasteiger partial charge in [-0.3, -0.25) is 4.79 Å². The third-order valence-electron chi connectivity index (χ3n) is 6.38. The van der Waals surface area contributed by atoms with E-state index in [0.29, 0.717) is 19.4 Å². The second-order valence-electron chi connectivity index (χ2n) is 9.68. The lowest BCUT2D eigenvalue weighted by Crippen LogP contribution is -2.55. The minimum absolute atomic E-state index is 0.0503. The van der Waals surface area contributed by atoms with Gasteiger partial charge in [-0.15, -0.1) is 0 Å². The monoisotopic (exact) mass is 426 g/mol. The maximum Gasteiger partial charge on any atom is 0.410 e. The normalized spacial score (nSPS) is 20.6. The molecule has 3 rings (SSSR count). The molecule has 2 atom stereocenters. The molecular weight excluding hydrogens is 392 g/mol. The van der Waals surface area contributed by atoms with E-state index in [1.807, 2.05) is 51.1 Å². The summed E-state index contributed by atoms with van der Waals surface area (Å²) in [4.78, 5) is 26.6. The van der Waals surface area contributed by atoms with Crippen molar-refractivity contribution in [1.82, 2.24) is 9.47 Å². The van der Waals surface area contributed by atoms with Crippen molar-refractivity contribution in [1.29, 1.82) is 0 Å². The quantitative estimate of drug-likeness (QED) is 0.738. The van der Waals surface area contributed by atoms with Gasteiger partial charge in [-0.1, -0.05) is 38.1 Å². The highest BCUT2D eigenvalue weighted by Gasteiger charge is 2.47. The zero-order chi connectivity index (χ0) is 23.0. The first-order valence-electron chi connectivity index (χ1n) is 10.9. The third kappa shape index (κ3) is 5.01. The van der Waals surface area contributed by atoms with E-state index in [1.54, 1.807) is 38.1 Å². The molecule has 1 aliphatic rings. The van der Waals surface area contributed by atoms with E-state index in [4.69, 9.17) is 4.74 Å². The highest BCUT2D eigenvalue weighted by Crippen LogP contribution is 2.40. The number of hydrogen-bond donors (Lipinski definition) is 1. The number of cyclic esters (lactones) is 1. The standard InChI is InChI=1S/C25H34N2O4/c1-17(2)25(16-24(4,5)30)12-14-27(23(29)31-25)18(3)19-7-9-20(10-8-19)21-11-13-26(6)22(28)15-21/h7-11,13,15,17-18,30H,12,14,16H2,1-6H3/t18-,25+/m0/s1. The van der Waals surface area contributed by atoms with Crippen molar-refractivity contribution >= 4 is 6.09 Å². The Kier molecular flexibility index (Phi) is 6.33. The number of aliphatic hydroxyl groups is 1. The van der Waals surface area contributed by atoms with Gasteiger partial charge >= 0.3 is 6.09 Å². The predicted molar refractivity (Wildman–Crippen MR) is 122 cm³/mol. The molecule has 1 aromatic carbocycles. The molecule has 0 bridgehead atoms. The number of hydrogen-bond acceptors (Lipinski definition) is 4. The molecule has 0 aliphatic carbocycles. The second-order valence-corrected chi connectivity index (χ2v) is 9.68. The van der Waals surface area contributed by atoms with Gasteiger partial charge in [0.1, 0.15) is 5.60 Å². The SMILES string of the molecule is CC(C)[C@]1(CC(C)(C)O)CCN([C@@H](C)c2ccc(-c3ccn(C)c(=O)c3)cc2)C(=O)O1. The molecule has 1 fully saturated rings. The summed E-state index contributed by atoms with van der Waals surface area (Å²) in [5.41, 5.74) is 1.21. The van der Waals surface area contributed by atoms with Gasteiger partial charge in [-0.2, -0.15) is 0 Å². The summed E-state index contributed by atoms with van der Waals surface area (Å²) in [6.45, 7) is 10.1. The van der Waals surface area contributed by atoms with Gasteiger partial charge in [0.2, 0.25) is 0 Å². The number of carbonyl (C=O) groups is 1. The Bertz CT molecular complexity index is 988. The van der Waals surface area contributed by atoms with Crippen LogP contribution >= 0.6 is 0 Å². The Morgan fingerprint density at radius 1 is 1.10 bits per heavy atom. The summed E-state index contributed by atoms with van der Waals surface area (Å²) in [7, 11) is 1.73. The van der Waals surface area contributed by atoms with Crippen molar-refractivity contribution in [2.75, 3.05) is 6.54 Å². The van der Waals surface area contributed by atoms with Gasteiger partial charge in [0, 0.05) is 38.7 Å². The number of ether oxygens (including phenoxy) is 1. The summed E-state index contributed by atoms with van der Waals surface area (Å²) in [6.07, 6.45) is 2.51. The lowest BCUT2D eigenvalue weighted by Gasteiger charge is -2.47. The van der Waals surface area contributed by atoms with Crippen molar-refractivity contribution < 1.29 is 14.6 Å². The third-order valence-corrected chi connectivity index (χ3v) is 6.38. The number of rotatable bonds is 6. The summed E-state index contributed by atoms with van der Waals surface area (Å²) in [5.74, 6) is 0.109. The second kappa shape index (κ2) is 8.50. The average molecular weight is 427 g/mol. The molecule has 0 radical (unpaired) electrons. The van der Waals surface area contributed by atoms with E-state index >= 15 is 0 Å². The fraction of sp³-hybridized carbons (Fsp3) is 0.520. The van der Waals surface area contributed by atoms with Crippen LogP contribution in [0.1, 0.15) is 59.1 Å². The molecule has 1 amide bonds. The Morgan fingerprint density at radius 3 is 2.26 bits per heavy atom. The number of aryl methyl sites for hydroxylation is 1. The van der Waals surface area contributed by atoms with Crippen LogP contribution < -0.4 is 5.56 Å². The molecule has 31 heavy (non-hydrogen) atoms. The number of amides is 1. The molecule has 168 valence electrons. The molecule has 1 aliphatic heterocycles. The van der Waals surface area contributed by atoms with Gasteiger partial charge in [0.15, 0.2) is 0 Å². The van der Waals surface area contributed by atoms with E-state index in [0.717, 1.165) is 16.7 Å². The molecule has 0 spiro atoms. The fourth-order valence-electron chi connectivity index (χ4n) is 4.37. The maximum atomic E-state index is 13.0. The Hall–Kier alpha value is -2.60. The van der Waals surface area contributed by atoms with Crippen LogP contribution in [0.15, 0.2) is 47.4 Å². The molecule has 1 N–H and O–H groups in total. The number of aromatic nitrogens is 1. The zero-order valence-electron chi connectivity index (χ0n) is 19.4. The Balaban J connectivity index is 1.76. The number of nitrogens with zero attached hydrogens (tertiary/aromatic N) is 2. The van der Waals surface area contributed by atoms with Crippen LogP contribution in [0.25, 0.3) is 11.1 Å². The van der Waals surface area contributed by atoms with Gasteiger partial charge in [-0.05, 0) is 49.4 Å². The molecule has 2 heterocycles. The lowest BCUT2D eigenvalue weighted by atomic mass is 9.77. The van der Waals surface area contributed by atoms with Crippen molar-refractivity contribution in [3.8, 4) is 11.1 Å². The van der Waals surface area contributed by atoms with E-state index in [9.17, 15) is 14.7 Å². The van der Waals surface area contributed by atoms with Crippen molar-refractivity contribution in [3.63, 3.8) is 0 Å². The summed E-state index contributed by atoms with van der Waals surface area (Å²) in [5, 5.41) is 10.3. The summed E-state index contributed by atoms with van der Waals surface area (Å²) in [6, 6.07) is 11.3. The van der Waals surface area contributed by atoms with Crippen LogP contribution in [-0.2, 0) is 11.8 Å². The van der Waals surface area contributed by atoms with Crippen LogP contribution in [-0.4, -0.2) is 38.4 Å². The van der Waals surface area contributed by atoms with Gasteiger partial charge < -0.3 is 19.3 Å². The summed E-state index contributed by atoms with van der Waals surface area (Å²) < 4.78 is 7.51. The molecule has 6 heteroatoms. The number of pyridine rings is 1. The smallest absolute Gasteiger partial charge is 0.410 e. The van der Waals surface area contributed by atoms with Crippen LogP contribution in [0.2, 0.25) is 0 Å². The first-order valence-corrected chi connectivity index (χ1v) is 10.9. The molecule has 1 saturated heterocycles. The molecule has 6 nitrogen and oxygen atoms in total. The Labute approximate surface area is 184 Å². The van der Waals surface area contributed by atoms with E-state index < -0.39 is 11.2 Å². The van der Waals surface area contributed by atoms with Crippen LogP contribution in [0, 0.1) is 5.92 Å². The zero-order valence-corrected chi connectivity index (χ0v) is 19.4. The van der Waals surface area contributed by atoms with E-state index in [2.05, 4.69) is 0 Å². The minimum atomic E-state index is -0.910. The van der Waals surface area contributed by atoms with Crippen LogP contribution in [0.3, 0.4) is 0 Å². The Morgan fingerprint density at radius 2 is 1.74 bits per heavy atom. The number of benzene rings is 1. The largest absolute Gasteiger partial charge is 0.442 e. The first kappa shape index (κ1) is 23.1. The minimum Gasteiger partial charge on any atom is -0.442 e. The first-order chi connectivity index (χ1) is 14.4. The molecule has 0 saturated carbocycles. The lowest BCUT2D eigenvalue weighted by molar-refractivity contribution is -0.119. The van der Waals surface area contributed by atoms with E-state index in [1.165, 1.54) is 4.57 Å². The van der Waals surface area contributed by atoms with Crippen molar-refractivity contribution in [3.05, 3.63) is 58.5 Å². The van der Waals surface area contributed by atoms with Crippen LogP contribution in [0.4, 0.5) is 4.79 Å². The number of carbonyl (C=O) groups excluding carboxylic acids is 1. The predicted octanol–water partition coefficient (Wildman–Crippen LogP) is 4.51.